The predicted octanol–water partition coefficient (Wildman–Crippen LogP) is 5.35. The summed E-state index contributed by atoms with van der Waals surface area (Å²) in [5.74, 6) is -0.601. The number of methoxy groups -OCH3 is 1. The number of ether oxygens (including phenoxy) is 2. The lowest BCUT2D eigenvalue weighted by molar-refractivity contribution is 0.0601. The molecule has 3 rings (SSSR count). The molecule has 4 heteroatoms. The highest BCUT2D eigenvalue weighted by atomic mass is 19.1. The van der Waals surface area contributed by atoms with Gasteiger partial charge in [0.2, 0.25) is 0 Å². The first-order chi connectivity index (χ1) is 13.6. The largest absolute Gasteiger partial charge is 0.465 e. The van der Waals surface area contributed by atoms with Crippen LogP contribution in [0.1, 0.15) is 27.0 Å². The summed E-state index contributed by atoms with van der Waals surface area (Å²) in [5.41, 5.74) is 5.30. The number of carbonyl (C=O) groups excluding carboxylic acids is 1. The first-order valence-corrected chi connectivity index (χ1v) is 9.18. The number of esters is 1. The molecule has 0 aliphatic rings. The monoisotopic (exact) mass is 378 g/mol. The molecule has 3 aromatic rings. The SMILES string of the molecule is COC(=O)c1ccc(COCCc2cccc(F)c2)cc1-c1ccccc1C. The Morgan fingerprint density at radius 2 is 1.75 bits per heavy atom. The molecular formula is C24H23FO3. The molecule has 0 aliphatic carbocycles. The zero-order valence-electron chi connectivity index (χ0n) is 16.1. The summed E-state index contributed by atoms with van der Waals surface area (Å²) in [6, 6.07) is 20.1. The van der Waals surface area contributed by atoms with Crippen molar-refractivity contribution in [1.29, 1.82) is 0 Å². The van der Waals surface area contributed by atoms with E-state index in [-0.39, 0.29) is 11.8 Å². The maximum absolute atomic E-state index is 13.2. The van der Waals surface area contributed by atoms with Crippen molar-refractivity contribution in [2.45, 2.75) is 20.0 Å². The fourth-order valence-electron chi connectivity index (χ4n) is 3.14. The maximum Gasteiger partial charge on any atom is 0.338 e. The minimum absolute atomic E-state index is 0.237. The molecule has 0 amide bonds. The van der Waals surface area contributed by atoms with Crippen molar-refractivity contribution < 1.29 is 18.7 Å². The molecule has 0 atom stereocenters. The van der Waals surface area contributed by atoms with E-state index >= 15 is 0 Å². The Hall–Kier alpha value is -2.98. The van der Waals surface area contributed by atoms with Gasteiger partial charge in [0, 0.05) is 0 Å². The van der Waals surface area contributed by atoms with Crippen LogP contribution in [0.2, 0.25) is 0 Å². The first kappa shape index (κ1) is 19.8. The zero-order chi connectivity index (χ0) is 19.9. The molecule has 3 aromatic carbocycles. The minimum atomic E-state index is -0.364. The summed E-state index contributed by atoms with van der Waals surface area (Å²) in [6.07, 6.45) is 0.642. The second-order valence-corrected chi connectivity index (χ2v) is 6.62. The minimum Gasteiger partial charge on any atom is -0.465 e. The molecule has 0 bridgehead atoms. The van der Waals surface area contributed by atoms with Crippen molar-refractivity contribution in [3.63, 3.8) is 0 Å². The second kappa shape index (κ2) is 9.29. The molecule has 0 aromatic heterocycles. The van der Waals surface area contributed by atoms with Gasteiger partial charge in [0.05, 0.1) is 25.9 Å². The van der Waals surface area contributed by atoms with Crippen molar-refractivity contribution in [3.8, 4) is 11.1 Å². The highest BCUT2D eigenvalue weighted by Gasteiger charge is 2.15. The molecule has 0 radical (unpaired) electrons. The summed E-state index contributed by atoms with van der Waals surface area (Å²) in [4.78, 5) is 12.2. The third-order valence-corrected chi connectivity index (χ3v) is 4.62. The van der Waals surface area contributed by atoms with Gasteiger partial charge in [-0.2, -0.15) is 0 Å². The van der Waals surface area contributed by atoms with Crippen molar-refractivity contribution in [2.24, 2.45) is 0 Å². The predicted molar refractivity (Wildman–Crippen MR) is 108 cm³/mol. The molecule has 3 nitrogen and oxygen atoms in total. The van der Waals surface area contributed by atoms with Gasteiger partial charge in [0.25, 0.3) is 0 Å². The summed E-state index contributed by atoms with van der Waals surface area (Å²) >= 11 is 0. The normalized spacial score (nSPS) is 10.7. The van der Waals surface area contributed by atoms with E-state index in [1.54, 1.807) is 12.1 Å². The number of hydrogen-bond acceptors (Lipinski definition) is 3. The van der Waals surface area contributed by atoms with Gasteiger partial charge >= 0.3 is 5.97 Å². The van der Waals surface area contributed by atoms with E-state index in [1.807, 2.05) is 49.4 Å². The van der Waals surface area contributed by atoms with Crippen molar-refractivity contribution >= 4 is 5.97 Å². The Morgan fingerprint density at radius 1 is 0.929 bits per heavy atom. The van der Waals surface area contributed by atoms with Crippen LogP contribution in [0.4, 0.5) is 4.39 Å². The second-order valence-electron chi connectivity index (χ2n) is 6.62. The van der Waals surface area contributed by atoms with E-state index in [4.69, 9.17) is 9.47 Å². The number of benzene rings is 3. The highest BCUT2D eigenvalue weighted by Crippen LogP contribution is 2.29. The Morgan fingerprint density at radius 3 is 2.50 bits per heavy atom. The van der Waals surface area contributed by atoms with Crippen LogP contribution in [0.5, 0.6) is 0 Å². The van der Waals surface area contributed by atoms with Crippen LogP contribution in [0, 0.1) is 12.7 Å². The van der Waals surface area contributed by atoms with E-state index in [0.717, 1.165) is 27.8 Å². The third kappa shape index (κ3) is 4.84. The number of hydrogen-bond donors (Lipinski definition) is 0. The molecule has 0 unspecified atom stereocenters. The fourth-order valence-corrected chi connectivity index (χ4v) is 3.14. The fraction of sp³-hybridized carbons (Fsp3) is 0.208. The van der Waals surface area contributed by atoms with Crippen LogP contribution in [0.15, 0.2) is 66.7 Å². The molecule has 0 fully saturated rings. The first-order valence-electron chi connectivity index (χ1n) is 9.18. The number of halogens is 1. The molecule has 0 heterocycles. The lowest BCUT2D eigenvalue weighted by Gasteiger charge is -2.13. The van der Waals surface area contributed by atoms with Crippen LogP contribution in [0.3, 0.4) is 0 Å². The van der Waals surface area contributed by atoms with E-state index in [2.05, 4.69) is 0 Å². The van der Waals surface area contributed by atoms with Gasteiger partial charge in [-0.25, -0.2) is 9.18 Å². The number of aryl methyl sites for hydroxylation is 1. The highest BCUT2D eigenvalue weighted by molar-refractivity contribution is 5.97. The van der Waals surface area contributed by atoms with Gasteiger partial charge < -0.3 is 9.47 Å². The van der Waals surface area contributed by atoms with Crippen molar-refractivity contribution in [3.05, 3.63) is 94.8 Å². The van der Waals surface area contributed by atoms with Crippen LogP contribution in [-0.4, -0.2) is 19.7 Å². The van der Waals surface area contributed by atoms with Crippen molar-refractivity contribution in [1.82, 2.24) is 0 Å². The van der Waals surface area contributed by atoms with Crippen molar-refractivity contribution in [2.75, 3.05) is 13.7 Å². The maximum atomic E-state index is 13.2. The van der Waals surface area contributed by atoms with Crippen LogP contribution >= 0.6 is 0 Å². The summed E-state index contributed by atoms with van der Waals surface area (Å²) < 4.78 is 23.9. The topological polar surface area (TPSA) is 35.5 Å². The molecule has 0 aliphatic heterocycles. The van der Waals surface area contributed by atoms with Gasteiger partial charge in [-0.3, -0.25) is 0 Å². The number of carbonyl (C=O) groups is 1. The summed E-state index contributed by atoms with van der Waals surface area (Å²) in [7, 11) is 1.38. The Bertz CT molecular complexity index is 966. The number of rotatable bonds is 7. The van der Waals surface area contributed by atoms with E-state index < -0.39 is 0 Å². The molecule has 0 N–H and O–H groups in total. The Balaban J connectivity index is 1.74. The Kier molecular flexibility index (Phi) is 6.56. The molecule has 0 saturated carbocycles. The van der Waals surface area contributed by atoms with E-state index in [0.29, 0.717) is 25.2 Å². The molecule has 144 valence electrons. The molecule has 0 spiro atoms. The smallest absolute Gasteiger partial charge is 0.338 e. The zero-order valence-corrected chi connectivity index (χ0v) is 16.1. The summed E-state index contributed by atoms with van der Waals surface area (Å²) in [5, 5.41) is 0. The summed E-state index contributed by atoms with van der Waals surface area (Å²) in [6.45, 7) is 2.91. The molecule has 28 heavy (non-hydrogen) atoms. The molecule has 0 saturated heterocycles. The quantitative estimate of drug-likeness (QED) is 0.411. The van der Waals surface area contributed by atoms with Gasteiger partial charge in [-0.15, -0.1) is 0 Å². The lowest BCUT2D eigenvalue weighted by atomic mass is 9.94. The van der Waals surface area contributed by atoms with E-state index in [9.17, 15) is 9.18 Å². The average Bonchev–Trinajstić information content (AvgIpc) is 2.71. The Labute approximate surface area is 164 Å². The lowest BCUT2D eigenvalue weighted by Crippen LogP contribution is -2.06. The van der Waals surface area contributed by atoms with Crippen LogP contribution < -0.4 is 0 Å². The van der Waals surface area contributed by atoms with Gasteiger partial charge in [-0.05, 0) is 65.4 Å². The van der Waals surface area contributed by atoms with E-state index in [1.165, 1.54) is 19.2 Å². The standard InChI is InChI=1S/C24H23FO3/c1-17-6-3-4-9-21(17)23-15-19(10-11-22(23)24(26)27-2)16-28-13-12-18-7-5-8-20(25)14-18/h3-11,14-15H,12-13,16H2,1-2H3. The molecular weight excluding hydrogens is 355 g/mol. The van der Waals surface area contributed by atoms with Crippen LogP contribution in [0.25, 0.3) is 11.1 Å². The third-order valence-electron chi connectivity index (χ3n) is 4.62. The van der Waals surface area contributed by atoms with Gasteiger partial charge in [-0.1, -0.05) is 42.5 Å². The van der Waals surface area contributed by atoms with Crippen LogP contribution in [-0.2, 0) is 22.5 Å². The van der Waals surface area contributed by atoms with Gasteiger partial charge in [0.1, 0.15) is 5.82 Å². The van der Waals surface area contributed by atoms with Gasteiger partial charge in [0.15, 0.2) is 0 Å². The average molecular weight is 378 g/mol.